The van der Waals surface area contributed by atoms with Gasteiger partial charge in [0.2, 0.25) is 5.91 Å². The van der Waals surface area contributed by atoms with E-state index in [1.54, 1.807) is 18.0 Å². The lowest BCUT2D eigenvalue weighted by molar-refractivity contribution is -0.131. The Hall–Kier alpha value is -1.56. The van der Waals surface area contributed by atoms with Gasteiger partial charge in [-0.15, -0.1) is 24.2 Å². The van der Waals surface area contributed by atoms with Crippen molar-refractivity contribution in [3.63, 3.8) is 0 Å². The van der Waals surface area contributed by atoms with Gasteiger partial charge in [0.05, 0.1) is 11.8 Å². The fourth-order valence-corrected chi connectivity index (χ4v) is 3.87. The van der Waals surface area contributed by atoms with Crippen molar-refractivity contribution in [3.05, 3.63) is 65.5 Å². The van der Waals surface area contributed by atoms with E-state index in [0.29, 0.717) is 5.75 Å². The number of thioether (sulfide) groups is 1. The van der Waals surface area contributed by atoms with Gasteiger partial charge in [-0.05, 0) is 24.1 Å². The molecule has 1 unspecified atom stereocenters. The van der Waals surface area contributed by atoms with Crippen LogP contribution in [0.5, 0.6) is 0 Å². The summed E-state index contributed by atoms with van der Waals surface area (Å²) in [5.41, 5.74) is 3.64. The third kappa shape index (κ3) is 5.46. The lowest BCUT2D eigenvalue weighted by Crippen LogP contribution is -2.49. The Morgan fingerprint density at radius 1 is 1.36 bits per heavy atom. The number of carbonyl (C=O) groups is 1. The number of nitrogens with zero attached hydrogens (tertiary/aromatic N) is 2. The minimum atomic E-state index is 0. The number of benzene rings is 1. The molecule has 1 fully saturated rings. The van der Waals surface area contributed by atoms with E-state index in [2.05, 4.69) is 41.5 Å². The van der Waals surface area contributed by atoms with E-state index in [0.717, 1.165) is 31.0 Å². The first-order chi connectivity index (χ1) is 11.7. The molecule has 6 heteroatoms. The molecule has 134 valence electrons. The van der Waals surface area contributed by atoms with E-state index in [4.69, 9.17) is 0 Å². The van der Waals surface area contributed by atoms with Crippen molar-refractivity contribution >= 4 is 30.1 Å². The summed E-state index contributed by atoms with van der Waals surface area (Å²) in [6.07, 6.45) is 3.63. The van der Waals surface area contributed by atoms with E-state index >= 15 is 0 Å². The second-order valence-corrected chi connectivity index (χ2v) is 7.06. The molecule has 1 aromatic carbocycles. The largest absolute Gasteiger partial charge is 0.332 e. The minimum absolute atomic E-state index is 0. The highest BCUT2D eigenvalue weighted by molar-refractivity contribution is 7.99. The van der Waals surface area contributed by atoms with Crippen LogP contribution in [-0.2, 0) is 10.5 Å². The third-order valence-electron chi connectivity index (χ3n) is 4.21. The second kappa shape index (κ2) is 9.80. The normalized spacial score (nSPS) is 17.0. The van der Waals surface area contributed by atoms with Crippen molar-refractivity contribution in [3.8, 4) is 0 Å². The molecule has 2 heterocycles. The summed E-state index contributed by atoms with van der Waals surface area (Å²) in [4.78, 5) is 18.9. The molecule has 1 aliphatic rings. The molecule has 0 bridgehead atoms. The highest BCUT2D eigenvalue weighted by Crippen LogP contribution is 2.23. The fourth-order valence-electron chi connectivity index (χ4n) is 3.01. The first-order valence-electron chi connectivity index (χ1n) is 8.27. The molecule has 0 aliphatic carbocycles. The van der Waals surface area contributed by atoms with E-state index in [1.807, 2.05) is 23.2 Å². The van der Waals surface area contributed by atoms with Crippen LogP contribution in [0, 0.1) is 6.92 Å². The van der Waals surface area contributed by atoms with Crippen LogP contribution in [-0.4, -0.2) is 41.2 Å². The van der Waals surface area contributed by atoms with Gasteiger partial charge in [0.25, 0.3) is 0 Å². The van der Waals surface area contributed by atoms with E-state index in [-0.39, 0.29) is 24.4 Å². The number of carbonyl (C=O) groups excluding carboxylic acids is 1. The Labute approximate surface area is 159 Å². The van der Waals surface area contributed by atoms with Gasteiger partial charge >= 0.3 is 0 Å². The molecule has 1 aliphatic heterocycles. The smallest absolute Gasteiger partial charge is 0.233 e. The van der Waals surface area contributed by atoms with Crippen LogP contribution in [0.3, 0.4) is 0 Å². The number of pyridine rings is 1. The summed E-state index contributed by atoms with van der Waals surface area (Å²) in [6.45, 7) is 4.49. The average molecular weight is 378 g/mol. The summed E-state index contributed by atoms with van der Waals surface area (Å²) in [6, 6.07) is 12.5. The zero-order valence-electron chi connectivity index (χ0n) is 14.4. The van der Waals surface area contributed by atoms with Crippen molar-refractivity contribution < 1.29 is 4.79 Å². The van der Waals surface area contributed by atoms with Gasteiger partial charge in [-0.25, -0.2) is 0 Å². The first-order valence-corrected chi connectivity index (χ1v) is 9.43. The zero-order chi connectivity index (χ0) is 16.8. The predicted octanol–water partition coefficient (Wildman–Crippen LogP) is 3.22. The highest BCUT2D eigenvalue weighted by atomic mass is 35.5. The number of aryl methyl sites for hydroxylation is 1. The van der Waals surface area contributed by atoms with Crippen molar-refractivity contribution in [1.82, 2.24) is 15.2 Å². The molecule has 0 radical (unpaired) electrons. The maximum atomic E-state index is 12.7. The monoisotopic (exact) mass is 377 g/mol. The summed E-state index contributed by atoms with van der Waals surface area (Å²) < 4.78 is 0. The van der Waals surface area contributed by atoms with Crippen LogP contribution in [0.1, 0.15) is 22.7 Å². The fraction of sp³-hybridized carbons (Fsp3) is 0.368. The summed E-state index contributed by atoms with van der Waals surface area (Å²) >= 11 is 1.69. The topological polar surface area (TPSA) is 45.2 Å². The van der Waals surface area contributed by atoms with Crippen LogP contribution in [0.2, 0.25) is 0 Å². The molecule has 1 atom stereocenters. The Bertz CT molecular complexity index is 683. The van der Waals surface area contributed by atoms with Crippen molar-refractivity contribution in [2.45, 2.75) is 18.7 Å². The molecule has 1 aromatic heterocycles. The Morgan fingerprint density at radius 3 is 3.00 bits per heavy atom. The molecule has 0 spiro atoms. The lowest BCUT2D eigenvalue weighted by Gasteiger charge is -2.36. The molecule has 1 saturated heterocycles. The number of hydrogen-bond acceptors (Lipinski definition) is 4. The lowest BCUT2D eigenvalue weighted by atomic mass is 10.1. The maximum Gasteiger partial charge on any atom is 0.233 e. The Balaban J connectivity index is 0.00000225. The van der Waals surface area contributed by atoms with Crippen LogP contribution < -0.4 is 5.32 Å². The molecule has 1 N–H and O–H groups in total. The molecule has 4 nitrogen and oxygen atoms in total. The number of amides is 1. The van der Waals surface area contributed by atoms with Crippen LogP contribution in [0.15, 0.2) is 48.8 Å². The molecular weight excluding hydrogens is 354 g/mol. The molecule has 25 heavy (non-hydrogen) atoms. The van der Waals surface area contributed by atoms with E-state index in [9.17, 15) is 4.79 Å². The van der Waals surface area contributed by atoms with Crippen molar-refractivity contribution in [2.75, 3.05) is 25.4 Å². The van der Waals surface area contributed by atoms with Crippen LogP contribution in [0.25, 0.3) is 0 Å². The SMILES string of the molecule is Cc1cccc(CSCC(=O)N2CCNCC2c2cccnc2)c1.Cl. The number of piperazine rings is 1. The quantitative estimate of drug-likeness (QED) is 0.869. The maximum absolute atomic E-state index is 12.7. The highest BCUT2D eigenvalue weighted by Gasteiger charge is 2.27. The van der Waals surface area contributed by atoms with Crippen molar-refractivity contribution in [2.24, 2.45) is 0 Å². The number of hydrogen-bond donors (Lipinski definition) is 1. The molecule has 2 aromatic rings. The predicted molar refractivity (Wildman–Crippen MR) is 106 cm³/mol. The Morgan fingerprint density at radius 2 is 2.24 bits per heavy atom. The zero-order valence-corrected chi connectivity index (χ0v) is 16.0. The molecular formula is C19H24ClN3OS. The summed E-state index contributed by atoms with van der Waals surface area (Å²) in [7, 11) is 0. The van der Waals surface area contributed by atoms with Gasteiger partial charge in [0.1, 0.15) is 0 Å². The van der Waals surface area contributed by atoms with Crippen LogP contribution >= 0.6 is 24.2 Å². The average Bonchev–Trinajstić information content (AvgIpc) is 2.62. The summed E-state index contributed by atoms with van der Waals surface area (Å²) in [5, 5.41) is 3.38. The first kappa shape index (κ1) is 19.8. The van der Waals surface area contributed by atoms with E-state index in [1.165, 1.54) is 11.1 Å². The number of aromatic nitrogens is 1. The molecule has 3 rings (SSSR count). The van der Waals surface area contributed by atoms with Gasteiger partial charge in [-0.2, -0.15) is 0 Å². The van der Waals surface area contributed by atoms with Crippen molar-refractivity contribution in [1.29, 1.82) is 0 Å². The number of nitrogens with one attached hydrogen (secondary N) is 1. The van der Waals surface area contributed by atoms with Gasteiger partial charge < -0.3 is 10.2 Å². The van der Waals surface area contributed by atoms with Gasteiger partial charge in [-0.1, -0.05) is 35.9 Å². The van der Waals surface area contributed by atoms with E-state index < -0.39 is 0 Å². The Kier molecular flexibility index (Phi) is 7.75. The standard InChI is InChI=1S/C19H23N3OS.ClH/c1-15-4-2-5-16(10-15)13-24-14-19(23)22-9-8-21-12-18(22)17-6-3-7-20-11-17;/h2-7,10-11,18,21H,8-9,12-14H2,1H3;1H. The van der Waals surface area contributed by atoms with Crippen LogP contribution in [0.4, 0.5) is 0 Å². The molecule has 1 amide bonds. The number of rotatable bonds is 5. The number of halogens is 1. The third-order valence-corrected chi connectivity index (χ3v) is 5.20. The second-order valence-electron chi connectivity index (χ2n) is 6.08. The van der Waals surface area contributed by atoms with Gasteiger partial charge in [0.15, 0.2) is 0 Å². The van der Waals surface area contributed by atoms with Gasteiger partial charge in [0, 0.05) is 37.8 Å². The van der Waals surface area contributed by atoms with Gasteiger partial charge in [-0.3, -0.25) is 9.78 Å². The molecule has 0 saturated carbocycles. The minimum Gasteiger partial charge on any atom is -0.332 e. The summed E-state index contributed by atoms with van der Waals surface area (Å²) in [5.74, 6) is 1.60.